The van der Waals surface area contributed by atoms with Crippen molar-refractivity contribution in [2.75, 3.05) is 39.3 Å². The lowest BCUT2D eigenvalue weighted by atomic mass is 10.1. The molecule has 2 aromatic rings. The van der Waals surface area contributed by atoms with Gasteiger partial charge in [-0.15, -0.1) is 0 Å². The Balaban J connectivity index is 2.28. The average Bonchev–Trinajstić information content (AvgIpc) is 2.73. The number of methoxy groups -OCH3 is 2. The fourth-order valence-electron chi connectivity index (χ4n) is 2.65. The van der Waals surface area contributed by atoms with Crippen molar-refractivity contribution in [1.29, 1.82) is 0 Å². The molecule has 0 heterocycles. The van der Waals surface area contributed by atoms with E-state index in [1.54, 1.807) is 6.92 Å². The van der Waals surface area contributed by atoms with Gasteiger partial charge in [-0.2, -0.15) is 0 Å². The fourth-order valence-corrected chi connectivity index (χ4v) is 2.91. The molecule has 0 unspecified atom stereocenters. The van der Waals surface area contributed by atoms with Crippen LogP contribution in [0.25, 0.3) is 0 Å². The molecule has 0 aliphatic carbocycles. The molecule has 0 radical (unpaired) electrons. The summed E-state index contributed by atoms with van der Waals surface area (Å²) in [5, 5.41) is 16.7. The molecule has 0 atom stereocenters. The first-order chi connectivity index (χ1) is 14.8. The van der Waals surface area contributed by atoms with Gasteiger partial charge in [-0.05, 0) is 25.1 Å². The highest BCUT2D eigenvalue weighted by Crippen LogP contribution is 2.35. The van der Waals surface area contributed by atoms with Gasteiger partial charge in [0.05, 0.1) is 41.9 Å². The highest BCUT2D eigenvalue weighted by molar-refractivity contribution is 6.34. The van der Waals surface area contributed by atoms with E-state index in [-0.39, 0.29) is 39.9 Å². The molecule has 0 aromatic heterocycles. The summed E-state index contributed by atoms with van der Waals surface area (Å²) in [5.74, 6) is -0.811. The van der Waals surface area contributed by atoms with E-state index in [1.165, 1.54) is 38.5 Å². The first-order valence-electron chi connectivity index (χ1n) is 9.19. The number of nitro benzene ring substituents is 1. The second kappa shape index (κ2) is 11.1. The van der Waals surface area contributed by atoms with Gasteiger partial charge in [0.15, 0.2) is 11.5 Å². The predicted octanol–water partition coefficient (Wildman–Crippen LogP) is 3.28. The van der Waals surface area contributed by atoms with E-state index in [4.69, 9.17) is 25.8 Å². The number of ether oxygens (including phenoxy) is 3. The molecule has 2 rings (SSSR count). The summed E-state index contributed by atoms with van der Waals surface area (Å²) >= 11 is 6.17. The van der Waals surface area contributed by atoms with E-state index < -0.39 is 22.4 Å². The van der Waals surface area contributed by atoms with Crippen LogP contribution in [0.3, 0.4) is 0 Å². The number of halogens is 1. The number of anilines is 1. The summed E-state index contributed by atoms with van der Waals surface area (Å²) in [6, 6.07) is 6.65. The Morgan fingerprint density at radius 2 is 1.84 bits per heavy atom. The molecule has 0 saturated carbocycles. The van der Waals surface area contributed by atoms with Crippen LogP contribution in [0.4, 0.5) is 11.4 Å². The van der Waals surface area contributed by atoms with Gasteiger partial charge < -0.3 is 24.8 Å². The largest absolute Gasteiger partial charge is 0.493 e. The Kier molecular flexibility index (Phi) is 8.59. The van der Waals surface area contributed by atoms with Crippen LogP contribution in [-0.4, -0.2) is 50.7 Å². The number of nitrogens with zero attached hydrogens (tertiary/aromatic N) is 1. The van der Waals surface area contributed by atoms with Crippen LogP contribution in [0.15, 0.2) is 30.3 Å². The lowest BCUT2D eigenvalue weighted by Gasteiger charge is -2.13. The third-order valence-electron chi connectivity index (χ3n) is 4.09. The Morgan fingerprint density at radius 1 is 1.10 bits per heavy atom. The number of nitro groups is 1. The number of nitrogens with one attached hydrogen (secondary N) is 2. The highest BCUT2D eigenvalue weighted by atomic mass is 35.5. The van der Waals surface area contributed by atoms with Gasteiger partial charge in [0.1, 0.15) is 5.56 Å². The van der Waals surface area contributed by atoms with Crippen molar-refractivity contribution >= 4 is 34.8 Å². The van der Waals surface area contributed by atoms with E-state index in [1.807, 2.05) is 0 Å². The summed E-state index contributed by atoms with van der Waals surface area (Å²) in [7, 11) is 2.86. The van der Waals surface area contributed by atoms with E-state index >= 15 is 0 Å². The van der Waals surface area contributed by atoms with Crippen molar-refractivity contribution in [2.24, 2.45) is 0 Å². The standard InChI is InChI=1S/C20H22ClN3O7/c1-4-31-18-10-14(16(24(27)28)11-17(18)30-3)20(26)23-12-5-6-13(15(21)9-12)19(25)22-7-8-29-2/h5-6,9-11H,4,7-8H2,1-3H3,(H,22,25)(H,23,26). The van der Waals surface area contributed by atoms with Gasteiger partial charge in [-0.3, -0.25) is 19.7 Å². The van der Waals surface area contributed by atoms with Crippen molar-refractivity contribution in [1.82, 2.24) is 5.32 Å². The molecule has 0 bridgehead atoms. The molecule has 0 aliphatic rings. The topological polar surface area (TPSA) is 129 Å². The summed E-state index contributed by atoms with van der Waals surface area (Å²) in [6.07, 6.45) is 0. The molecule has 11 heteroatoms. The molecule has 0 aliphatic heterocycles. The lowest BCUT2D eigenvalue weighted by Crippen LogP contribution is -2.27. The summed E-state index contributed by atoms with van der Waals surface area (Å²) in [4.78, 5) is 35.7. The summed E-state index contributed by atoms with van der Waals surface area (Å²) in [5.41, 5.74) is -0.193. The SMILES string of the molecule is CCOc1cc(C(=O)Nc2ccc(C(=O)NCCOC)c(Cl)c2)c([N+](=O)[O-])cc1OC. The number of carbonyl (C=O) groups excluding carboxylic acids is 2. The van der Waals surface area contributed by atoms with Crippen LogP contribution < -0.4 is 20.1 Å². The van der Waals surface area contributed by atoms with Crippen LogP contribution >= 0.6 is 11.6 Å². The fraction of sp³-hybridized carbons (Fsp3) is 0.300. The summed E-state index contributed by atoms with van der Waals surface area (Å²) < 4.78 is 15.4. The van der Waals surface area contributed by atoms with E-state index in [0.29, 0.717) is 13.2 Å². The Labute approximate surface area is 183 Å². The van der Waals surface area contributed by atoms with Crippen molar-refractivity contribution in [2.45, 2.75) is 6.92 Å². The smallest absolute Gasteiger partial charge is 0.286 e. The predicted molar refractivity (Wildman–Crippen MR) is 114 cm³/mol. The number of hydrogen-bond acceptors (Lipinski definition) is 7. The van der Waals surface area contributed by atoms with E-state index in [2.05, 4.69) is 10.6 Å². The first-order valence-corrected chi connectivity index (χ1v) is 9.57. The molecule has 31 heavy (non-hydrogen) atoms. The number of rotatable bonds is 10. The number of amides is 2. The minimum Gasteiger partial charge on any atom is -0.493 e. The van der Waals surface area contributed by atoms with Crippen LogP contribution in [-0.2, 0) is 4.74 Å². The van der Waals surface area contributed by atoms with Crippen LogP contribution in [0.2, 0.25) is 5.02 Å². The maximum atomic E-state index is 12.8. The highest BCUT2D eigenvalue weighted by Gasteiger charge is 2.25. The second-order valence-electron chi connectivity index (χ2n) is 6.11. The van der Waals surface area contributed by atoms with Gasteiger partial charge in [0.25, 0.3) is 17.5 Å². The maximum absolute atomic E-state index is 12.8. The zero-order valence-electron chi connectivity index (χ0n) is 17.2. The molecular formula is C20H22ClN3O7. The normalized spacial score (nSPS) is 10.3. The number of carbonyl (C=O) groups is 2. The van der Waals surface area contributed by atoms with Gasteiger partial charge >= 0.3 is 0 Å². The third kappa shape index (κ3) is 6.06. The van der Waals surface area contributed by atoms with Crippen molar-refractivity contribution in [3.63, 3.8) is 0 Å². The number of benzene rings is 2. The third-order valence-corrected chi connectivity index (χ3v) is 4.40. The number of hydrogen-bond donors (Lipinski definition) is 2. The molecule has 2 aromatic carbocycles. The maximum Gasteiger partial charge on any atom is 0.286 e. The Bertz CT molecular complexity index is 981. The average molecular weight is 452 g/mol. The van der Waals surface area contributed by atoms with Gasteiger partial charge in [-0.25, -0.2) is 0 Å². The Morgan fingerprint density at radius 3 is 2.42 bits per heavy atom. The van der Waals surface area contributed by atoms with Crippen LogP contribution in [0, 0.1) is 10.1 Å². The van der Waals surface area contributed by atoms with E-state index in [0.717, 1.165) is 6.07 Å². The molecule has 0 saturated heterocycles. The molecule has 10 nitrogen and oxygen atoms in total. The molecular weight excluding hydrogens is 430 g/mol. The van der Waals surface area contributed by atoms with Crippen molar-refractivity contribution in [3.8, 4) is 11.5 Å². The second-order valence-corrected chi connectivity index (χ2v) is 6.51. The molecule has 2 N–H and O–H groups in total. The zero-order chi connectivity index (χ0) is 23.0. The van der Waals surface area contributed by atoms with Crippen LogP contribution in [0.1, 0.15) is 27.6 Å². The minimum absolute atomic E-state index is 0.104. The van der Waals surface area contributed by atoms with Crippen LogP contribution in [0.5, 0.6) is 11.5 Å². The zero-order valence-corrected chi connectivity index (χ0v) is 17.9. The monoisotopic (exact) mass is 451 g/mol. The first kappa shape index (κ1) is 23.9. The van der Waals surface area contributed by atoms with Crippen molar-refractivity contribution in [3.05, 3.63) is 56.6 Å². The molecule has 0 fully saturated rings. The van der Waals surface area contributed by atoms with Crippen molar-refractivity contribution < 1.29 is 28.7 Å². The van der Waals surface area contributed by atoms with E-state index in [9.17, 15) is 19.7 Å². The van der Waals surface area contributed by atoms with Gasteiger partial charge in [0, 0.05) is 25.4 Å². The lowest BCUT2D eigenvalue weighted by molar-refractivity contribution is -0.385. The molecule has 166 valence electrons. The van der Waals surface area contributed by atoms with Gasteiger partial charge in [-0.1, -0.05) is 11.6 Å². The summed E-state index contributed by atoms with van der Waals surface area (Å²) in [6.45, 7) is 2.67. The molecule has 0 spiro atoms. The Hall–Kier alpha value is -3.37. The minimum atomic E-state index is -0.747. The quantitative estimate of drug-likeness (QED) is 0.322. The van der Waals surface area contributed by atoms with Gasteiger partial charge in [0.2, 0.25) is 0 Å². The molecule has 2 amide bonds.